The number of rotatable bonds is 9. The van der Waals surface area contributed by atoms with E-state index >= 15 is 0 Å². The highest BCUT2D eigenvalue weighted by Crippen LogP contribution is 2.26. The van der Waals surface area contributed by atoms with Crippen LogP contribution in [-0.2, 0) is 22.5 Å². The zero-order chi connectivity index (χ0) is 21.5. The van der Waals surface area contributed by atoms with Crippen molar-refractivity contribution in [3.8, 4) is 11.1 Å². The van der Waals surface area contributed by atoms with Crippen molar-refractivity contribution in [3.05, 3.63) is 71.3 Å². The molecule has 3 rings (SSSR count). The van der Waals surface area contributed by atoms with Gasteiger partial charge in [-0.25, -0.2) is 4.39 Å². The number of esters is 1. The van der Waals surface area contributed by atoms with Gasteiger partial charge in [-0.1, -0.05) is 35.9 Å². The summed E-state index contributed by atoms with van der Waals surface area (Å²) in [5.41, 5.74) is 8.51. The maximum Gasteiger partial charge on any atom is 0.310 e. The molecular weight excluding hydrogens is 407 g/mol. The van der Waals surface area contributed by atoms with E-state index in [0.29, 0.717) is 36.6 Å². The van der Waals surface area contributed by atoms with Crippen molar-refractivity contribution < 1.29 is 13.9 Å². The average Bonchev–Trinajstić information content (AvgIpc) is 3.23. The quantitative estimate of drug-likeness (QED) is 0.521. The van der Waals surface area contributed by atoms with Crippen molar-refractivity contribution in [1.82, 2.24) is 15.0 Å². The van der Waals surface area contributed by atoms with Crippen LogP contribution in [0.4, 0.5) is 4.39 Å². The fraction of sp³-hybridized carbons (Fsp3) is 0.318. The Bertz CT molecular complexity index is 964. The number of nitrogens with two attached hydrogens (primary N) is 1. The van der Waals surface area contributed by atoms with Crippen LogP contribution >= 0.6 is 11.6 Å². The minimum absolute atomic E-state index is 0.260. The van der Waals surface area contributed by atoms with Gasteiger partial charge in [0.25, 0.3) is 0 Å². The highest BCUT2D eigenvalue weighted by atomic mass is 35.5. The van der Waals surface area contributed by atoms with Crippen molar-refractivity contribution in [2.24, 2.45) is 11.7 Å². The lowest BCUT2D eigenvalue weighted by Crippen LogP contribution is -2.33. The van der Waals surface area contributed by atoms with Crippen molar-refractivity contribution in [1.29, 1.82) is 0 Å². The molecule has 3 aromatic rings. The average molecular weight is 431 g/mol. The van der Waals surface area contributed by atoms with Gasteiger partial charge in [-0.05, 0) is 49.1 Å². The largest absolute Gasteiger partial charge is 0.466 e. The molecule has 1 unspecified atom stereocenters. The van der Waals surface area contributed by atoms with Crippen LogP contribution in [0, 0.1) is 11.7 Å². The predicted octanol–water partition coefficient (Wildman–Crippen LogP) is 3.88. The van der Waals surface area contributed by atoms with Gasteiger partial charge in [0.2, 0.25) is 0 Å². The molecule has 2 N–H and O–H groups in total. The molecule has 0 saturated carbocycles. The van der Waals surface area contributed by atoms with E-state index < -0.39 is 5.92 Å². The van der Waals surface area contributed by atoms with Gasteiger partial charge in [-0.2, -0.15) is 15.0 Å². The summed E-state index contributed by atoms with van der Waals surface area (Å²) in [4.78, 5) is 13.8. The third-order valence-electron chi connectivity index (χ3n) is 4.75. The molecule has 0 spiro atoms. The van der Waals surface area contributed by atoms with E-state index in [1.54, 1.807) is 25.4 Å². The SMILES string of the molecule is CCOC(=O)C(C[C@H](N)Cc1ccc(-c2cc(Cl)ccc2F)cc1)Cn1nccn1. The minimum Gasteiger partial charge on any atom is -0.466 e. The van der Waals surface area contributed by atoms with Gasteiger partial charge in [-0.3, -0.25) is 4.79 Å². The maximum atomic E-state index is 14.1. The summed E-state index contributed by atoms with van der Waals surface area (Å²) in [5, 5.41) is 8.60. The lowest BCUT2D eigenvalue weighted by atomic mass is 9.94. The fourth-order valence-electron chi connectivity index (χ4n) is 3.33. The number of hydrogen-bond donors (Lipinski definition) is 1. The summed E-state index contributed by atoms with van der Waals surface area (Å²) in [6.07, 6.45) is 4.13. The van der Waals surface area contributed by atoms with E-state index in [0.717, 1.165) is 11.1 Å². The van der Waals surface area contributed by atoms with Crippen molar-refractivity contribution in [2.75, 3.05) is 6.61 Å². The third-order valence-corrected chi connectivity index (χ3v) is 4.98. The zero-order valence-corrected chi connectivity index (χ0v) is 17.4. The first-order chi connectivity index (χ1) is 14.5. The maximum absolute atomic E-state index is 14.1. The van der Waals surface area contributed by atoms with Gasteiger partial charge in [0.15, 0.2) is 0 Å². The van der Waals surface area contributed by atoms with E-state index in [1.165, 1.54) is 16.9 Å². The molecule has 2 aromatic carbocycles. The molecule has 0 aliphatic rings. The van der Waals surface area contributed by atoms with E-state index in [-0.39, 0.29) is 17.8 Å². The van der Waals surface area contributed by atoms with Gasteiger partial charge in [0, 0.05) is 16.6 Å². The van der Waals surface area contributed by atoms with Crippen LogP contribution < -0.4 is 5.73 Å². The number of carbonyl (C=O) groups is 1. The van der Waals surface area contributed by atoms with Crippen molar-refractivity contribution in [3.63, 3.8) is 0 Å². The van der Waals surface area contributed by atoms with Crippen LogP contribution in [0.2, 0.25) is 5.02 Å². The first-order valence-corrected chi connectivity index (χ1v) is 10.1. The molecule has 2 atom stereocenters. The highest BCUT2D eigenvalue weighted by Gasteiger charge is 2.24. The van der Waals surface area contributed by atoms with E-state index in [4.69, 9.17) is 22.1 Å². The number of benzene rings is 2. The molecule has 1 heterocycles. The standard InChI is InChI=1S/C22H24ClFN4O2/c1-2-30-22(29)17(14-28-26-9-10-27-28)12-19(25)11-15-3-5-16(6-4-15)20-13-18(23)7-8-21(20)24/h3-10,13,17,19H,2,11-12,14,25H2,1H3/t17?,19-/m1/s1. The summed E-state index contributed by atoms with van der Waals surface area (Å²) in [6.45, 7) is 2.39. The molecule has 0 radical (unpaired) electrons. The monoisotopic (exact) mass is 430 g/mol. The Labute approximate surface area is 179 Å². The van der Waals surface area contributed by atoms with Gasteiger partial charge in [0.05, 0.1) is 31.5 Å². The molecular formula is C22H24ClFN4O2. The molecule has 8 heteroatoms. The van der Waals surface area contributed by atoms with Crippen molar-refractivity contribution >= 4 is 17.6 Å². The molecule has 0 fully saturated rings. The highest BCUT2D eigenvalue weighted by molar-refractivity contribution is 6.30. The molecule has 158 valence electrons. The van der Waals surface area contributed by atoms with Crippen LogP contribution in [-0.4, -0.2) is 33.6 Å². The number of aromatic nitrogens is 3. The number of carbonyl (C=O) groups excluding carboxylic acids is 1. The summed E-state index contributed by atoms with van der Waals surface area (Å²) in [6, 6.07) is 11.7. The zero-order valence-electron chi connectivity index (χ0n) is 16.7. The Morgan fingerprint density at radius 1 is 1.20 bits per heavy atom. The van der Waals surface area contributed by atoms with Crippen LogP contribution in [0.25, 0.3) is 11.1 Å². The molecule has 0 bridgehead atoms. The second-order valence-corrected chi connectivity index (χ2v) is 7.49. The number of hydrogen-bond acceptors (Lipinski definition) is 5. The molecule has 0 saturated heterocycles. The molecule has 0 aliphatic heterocycles. The Balaban J connectivity index is 1.65. The molecule has 6 nitrogen and oxygen atoms in total. The van der Waals surface area contributed by atoms with Gasteiger partial charge in [-0.15, -0.1) is 0 Å². The number of ether oxygens (including phenoxy) is 1. The second-order valence-electron chi connectivity index (χ2n) is 7.05. The first kappa shape index (κ1) is 21.9. The van der Waals surface area contributed by atoms with E-state index in [2.05, 4.69) is 10.2 Å². The third kappa shape index (κ3) is 5.87. The molecule has 0 aliphatic carbocycles. The summed E-state index contributed by atoms with van der Waals surface area (Å²) in [5.74, 6) is -1.07. The number of halogens is 2. The van der Waals surface area contributed by atoms with E-state index in [9.17, 15) is 9.18 Å². The smallest absolute Gasteiger partial charge is 0.310 e. The van der Waals surface area contributed by atoms with Crippen LogP contribution in [0.15, 0.2) is 54.9 Å². The Morgan fingerprint density at radius 3 is 2.57 bits per heavy atom. The Kier molecular flexibility index (Phi) is 7.54. The Hall–Kier alpha value is -2.77. The first-order valence-electron chi connectivity index (χ1n) is 9.77. The lowest BCUT2D eigenvalue weighted by Gasteiger charge is -2.19. The molecule has 0 amide bonds. The lowest BCUT2D eigenvalue weighted by molar-refractivity contribution is -0.149. The summed E-state index contributed by atoms with van der Waals surface area (Å²) >= 11 is 5.98. The van der Waals surface area contributed by atoms with Crippen molar-refractivity contribution in [2.45, 2.75) is 32.4 Å². The second kappa shape index (κ2) is 10.3. The summed E-state index contributed by atoms with van der Waals surface area (Å²) < 4.78 is 19.2. The Morgan fingerprint density at radius 2 is 1.90 bits per heavy atom. The van der Waals surface area contributed by atoms with Gasteiger partial charge >= 0.3 is 5.97 Å². The van der Waals surface area contributed by atoms with Gasteiger partial charge in [0.1, 0.15) is 5.82 Å². The number of nitrogens with zero attached hydrogens (tertiary/aromatic N) is 3. The van der Waals surface area contributed by atoms with Crippen LogP contribution in [0.5, 0.6) is 0 Å². The fourth-order valence-corrected chi connectivity index (χ4v) is 3.50. The minimum atomic E-state index is -0.438. The predicted molar refractivity (Wildman–Crippen MR) is 113 cm³/mol. The molecule has 1 aromatic heterocycles. The summed E-state index contributed by atoms with van der Waals surface area (Å²) in [7, 11) is 0. The van der Waals surface area contributed by atoms with Gasteiger partial charge < -0.3 is 10.5 Å². The van der Waals surface area contributed by atoms with Crippen LogP contribution in [0.1, 0.15) is 18.9 Å². The molecule has 30 heavy (non-hydrogen) atoms. The van der Waals surface area contributed by atoms with Crippen LogP contribution in [0.3, 0.4) is 0 Å². The normalized spacial score (nSPS) is 13.1. The topological polar surface area (TPSA) is 83.0 Å². The van der Waals surface area contributed by atoms with E-state index in [1.807, 2.05) is 24.3 Å².